The summed E-state index contributed by atoms with van der Waals surface area (Å²) in [6, 6.07) is 5.56. The highest BCUT2D eigenvalue weighted by Crippen LogP contribution is 2.22. The molecule has 7 heteroatoms. The predicted molar refractivity (Wildman–Crippen MR) is 103 cm³/mol. The molecule has 2 saturated heterocycles. The molecule has 6 nitrogen and oxygen atoms in total. The lowest BCUT2D eigenvalue weighted by Gasteiger charge is -2.39. The van der Waals surface area contributed by atoms with Crippen LogP contribution in [0.15, 0.2) is 24.3 Å². The van der Waals surface area contributed by atoms with E-state index in [2.05, 4.69) is 0 Å². The van der Waals surface area contributed by atoms with Gasteiger partial charge < -0.3 is 14.7 Å². The molecule has 2 aliphatic rings. The Hall–Kier alpha value is -2.44. The topological polar surface area (TPSA) is 60.9 Å². The maximum Gasteiger partial charge on any atom is 0.253 e. The third kappa shape index (κ3) is 4.51. The molecule has 3 rings (SSSR count). The van der Waals surface area contributed by atoms with E-state index in [1.54, 1.807) is 4.90 Å². The molecule has 2 fully saturated rings. The lowest BCUT2D eigenvalue weighted by molar-refractivity contribution is -0.144. The second-order valence-corrected chi connectivity index (χ2v) is 7.88. The fourth-order valence-corrected chi connectivity index (χ4v) is 3.88. The zero-order valence-corrected chi connectivity index (χ0v) is 16.6. The Morgan fingerprint density at radius 1 is 0.857 bits per heavy atom. The van der Waals surface area contributed by atoms with Gasteiger partial charge in [-0.25, -0.2) is 4.39 Å². The summed E-state index contributed by atoms with van der Waals surface area (Å²) in [7, 11) is 0. The molecule has 2 aliphatic heterocycles. The van der Waals surface area contributed by atoms with Gasteiger partial charge in [-0.15, -0.1) is 0 Å². The fraction of sp³-hybridized carbons (Fsp3) is 0.571. The largest absolute Gasteiger partial charge is 0.339 e. The molecule has 0 atom stereocenters. The molecule has 0 radical (unpaired) electrons. The van der Waals surface area contributed by atoms with E-state index in [1.807, 2.05) is 23.6 Å². The van der Waals surface area contributed by atoms with E-state index >= 15 is 0 Å². The van der Waals surface area contributed by atoms with Crippen molar-refractivity contribution < 1.29 is 18.8 Å². The third-order valence-corrected chi connectivity index (χ3v) is 5.62. The molecule has 1 aromatic carbocycles. The van der Waals surface area contributed by atoms with E-state index in [9.17, 15) is 18.8 Å². The fourth-order valence-electron chi connectivity index (χ4n) is 3.88. The molecule has 0 N–H and O–H groups in total. The van der Waals surface area contributed by atoms with E-state index in [0.717, 1.165) is 0 Å². The van der Waals surface area contributed by atoms with E-state index in [4.69, 9.17) is 0 Å². The average Bonchev–Trinajstić information content (AvgIpc) is 2.73. The van der Waals surface area contributed by atoms with Crippen molar-refractivity contribution in [3.05, 3.63) is 35.6 Å². The number of piperidine rings is 1. The number of carbonyl (C=O) groups is 3. The minimum Gasteiger partial charge on any atom is -0.339 e. The number of hydrogen-bond donors (Lipinski definition) is 0. The first-order valence-electron chi connectivity index (χ1n) is 9.99. The molecular weight excluding hydrogens is 361 g/mol. The first-order valence-corrected chi connectivity index (χ1v) is 9.99. The van der Waals surface area contributed by atoms with Gasteiger partial charge in [-0.05, 0) is 37.1 Å². The molecular formula is C21H28FN3O3. The summed E-state index contributed by atoms with van der Waals surface area (Å²) in [5.41, 5.74) is 0.470. The quantitative estimate of drug-likeness (QED) is 0.795. The first-order chi connectivity index (χ1) is 13.4. The average molecular weight is 389 g/mol. The maximum absolute atomic E-state index is 13.0. The number of amides is 3. The van der Waals surface area contributed by atoms with Crippen LogP contribution in [-0.4, -0.2) is 71.7 Å². The summed E-state index contributed by atoms with van der Waals surface area (Å²) >= 11 is 0. The highest BCUT2D eigenvalue weighted by molar-refractivity contribution is 5.94. The number of benzene rings is 1. The molecule has 0 aliphatic carbocycles. The molecule has 0 spiro atoms. The van der Waals surface area contributed by atoms with Gasteiger partial charge in [-0.1, -0.05) is 13.8 Å². The summed E-state index contributed by atoms with van der Waals surface area (Å²) in [4.78, 5) is 42.8. The van der Waals surface area contributed by atoms with Crippen LogP contribution in [0.5, 0.6) is 0 Å². The Bertz CT molecular complexity index is 719. The number of likely N-dealkylation sites (tertiary alicyclic amines) is 1. The number of hydrogen-bond acceptors (Lipinski definition) is 3. The molecule has 1 aromatic rings. The van der Waals surface area contributed by atoms with Crippen molar-refractivity contribution in [1.82, 2.24) is 14.7 Å². The zero-order chi connectivity index (χ0) is 20.3. The zero-order valence-electron chi connectivity index (χ0n) is 16.6. The molecule has 152 valence electrons. The van der Waals surface area contributed by atoms with E-state index in [1.165, 1.54) is 24.3 Å². The smallest absolute Gasteiger partial charge is 0.253 e. The van der Waals surface area contributed by atoms with Gasteiger partial charge in [0.2, 0.25) is 11.8 Å². The van der Waals surface area contributed by atoms with E-state index < -0.39 is 0 Å². The summed E-state index contributed by atoms with van der Waals surface area (Å²) in [5, 5.41) is 0. The van der Waals surface area contributed by atoms with Crippen LogP contribution in [0.4, 0.5) is 4.39 Å². The Morgan fingerprint density at radius 2 is 1.39 bits per heavy atom. The molecule has 0 bridgehead atoms. The van der Waals surface area contributed by atoms with Crippen LogP contribution in [0.2, 0.25) is 0 Å². The van der Waals surface area contributed by atoms with E-state index in [0.29, 0.717) is 57.7 Å². The minimum absolute atomic E-state index is 0.0229. The first kappa shape index (κ1) is 20.3. The standard InChI is InChI=1S/C21H28FN3O3/c1-15(2)19(26)24-11-13-25(14-12-24)21(28)17-7-9-23(10-8-17)20(27)16-3-5-18(22)6-4-16/h3-6,15,17H,7-14H2,1-2H3. The van der Waals surface area contributed by atoms with Gasteiger partial charge >= 0.3 is 0 Å². The predicted octanol–water partition coefficient (Wildman–Crippen LogP) is 2.00. The summed E-state index contributed by atoms with van der Waals surface area (Å²) < 4.78 is 13.0. The van der Waals surface area contributed by atoms with Crippen molar-refractivity contribution in [2.24, 2.45) is 11.8 Å². The lowest BCUT2D eigenvalue weighted by atomic mass is 9.94. The third-order valence-electron chi connectivity index (χ3n) is 5.62. The minimum atomic E-state index is -0.365. The molecule has 0 saturated carbocycles. The van der Waals surface area contributed by atoms with Gasteiger partial charge in [-0.3, -0.25) is 14.4 Å². The van der Waals surface area contributed by atoms with Crippen LogP contribution in [0.25, 0.3) is 0 Å². The SMILES string of the molecule is CC(C)C(=O)N1CCN(C(=O)C2CCN(C(=O)c3ccc(F)cc3)CC2)CC1. The number of halogens is 1. The Labute approximate surface area is 165 Å². The Morgan fingerprint density at radius 3 is 1.93 bits per heavy atom. The van der Waals surface area contributed by atoms with Crippen LogP contribution in [0.3, 0.4) is 0 Å². The van der Waals surface area contributed by atoms with Crippen molar-refractivity contribution in [3.63, 3.8) is 0 Å². The molecule has 3 amide bonds. The molecule has 0 aromatic heterocycles. The Kier molecular flexibility index (Phi) is 6.31. The van der Waals surface area contributed by atoms with Crippen molar-refractivity contribution in [1.29, 1.82) is 0 Å². The van der Waals surface area contributed by atoms with Crippen molar-refractivity contribution >= 4 is 17.7 Å². The summed E-state index contributed by atoms with van der Waals surface area (Å²) in [6.45, 7) is 7.16. The monoisotopic (exact) mass is 389 g/mol. The van der Waals surface area contributed by atoms with Gasteiger partial charge in [0.25, 0.3) is 5.91 Å². The second-order valence-electron chi connectivity index (χ2n) is 7.88. The number of rotatable bonds is 3. The van der Waals surface area contributed by atoms with Crippen molar-refractivity contribution in [2.45, 2.75) is 26.7 Å². The molecule has 0 unspecified atom stereocenters. The number of carbonyl (C=O) groups excluding carboxylic acids is 3. The van der Waals surface area contributed by atoms with Crippen LogP contribution in [-0.2, 0) is 9.59 Å². The second kappa shape index (κ2) is 8.71. The summed E-state index contributed by atoms with van der Waals surface area (Å²) in [5.74, 6) is -0.317. The van der Waals surface area contributed by atoms with Gasteiger partial charge in [0, 0.05) is 56.7 Å². The number of nitrogens with zero attached hydrogens (tertiary/aromatic N) is 3. The summed E-state index contributed by atoms with van der Waals surface area (Å²) in [6.07, 6.45) is 1.27. The lowest BCUT2D eigenvalue weighted by Crippen LogP contribution is -2.53. The number of piperazine rings is 1. The van der Waals surface area contributed by atoms with Crippen LogP contribution >= 0.6 is 0 Å². The van der Waals surface area contributed by atoms with Crippen molar-refractivity contribution in [2.75, 3.05) is 39.3 Å². The van der Waals surface area contributed by atoms with Gasteiger partial charge in [-0.2, -0.15) is 0 Å². The maximum atomic E-state index is 13.0. The van der Waals surface area contributed by atoms with Gasteiger partial charge in [0.15, 0.2) is 0 Å². The van der Waals surface area contributed by atoms with Crippen LogP contribution in [0, 0.1) is 17.7 Å². The van der Waals surface area contributed by atoms with E-state index in [-0.39, 0.29) is 35.4 Å². The highest BCUT2D eigenvalue weighted by atomic mass is 19.1. The Balaban J connectivity index is 1.48. The van der Waals surface area contributed by atoms with Crippen LogP contribution in [0.1, 0.15) is 37.0 Å². The van der Waals surface area contributed by atoms with Crippen molar-refractivity contribution in [3.8, 4) is 0 Å². The highest BCUT2D eigenvalue weighted by Gasteiger charge is 2.32. The van der Waals surface area contributed by atoms with Gasteiger partial charge in [0.05, 0.1) is 0 Å². The molecule has 2 heterocycles. The van der Waals surface area contributed by atoms with Gasteiger partial charge in [0.1, 0.15) is 5.82 Å². The normalized spacial score (nSPS) is 18.5. The van der Waals surface area contributed by atoms with Crippen LogP contribution < -0.4 is 0 Å². The molecule has 28 heavy (non-hydrogen) atoms.